The molecule has 242 valence electrons. The maximum absolute atomic E-state index is 5.08. The highest BCUT2D eigenvalue weighted by atomic mass is 14.9. The zero-order valence-corrected chi connectivity index (χ0v) is 28.7. The minimum Gasteiger partial charge on any atom is -0.228 e. The Morgan fingerprint density at radius 3 is 1.35 bits per heavy atom. The van der Waals surface area contributed by atoms with Gasteiger partial charge in [0.2, 0.25) is 0 Å². The van der Waals surface area contributed by atoms with Gasteiger partial charge in [0.25, 0.3) is 0 Å². The van der Waals surface area contributed by atoms with Crippen molar-refractivity contribution in [1.82, 2.24) is 9.97 Å². The summed E-state index contributed by atoms with van der Waals surface area (Å²) in [4.78, 5) is 10.1. The quantitative estimate of drug-likeness (QED) is 0.179. The average Bonchev–Trinajstić information content (AvgIpc) is 3.43. The van der Waals surface area contributed by atoms with Gasteiger partial charge in [0.05, 0.1) is 11.4 Å². The number of hydrogen-bond donors (Lipinski definition) is 0. The molecule has 0 radical (unpaired) electrons. The highest BCUT2D eigenvalue weighted by molar-refractivity contribution is 5.93. The van der Waals surface area contributed by atoms with Crippen molar-refractivity contribution < 1.29 is 0 Å². The average molecular weight is 653 g/mol. The van der Waals surface area contributed by atoms with E-state index in [1.807, 2.05) is 24.3 Å². The summed E-state index contributed by atoms with van der Waals surface area (Å²) in [7, 11) is 0. The molecule has 0 amide bonds. The third kappa shape index (κ3) is 5.56. The fraction of sp³-hybridized carbons (Fsp3) is 0.0612. The highest BCUT2D eigenvalue weighted by Gasteiger charge is 2.36. The van der Waals surface area contributed by atoms with Gasteiger partial charge >= 0.3 is 0 Å². The molecule has 1 aromatic heterocycles. The van der Waals surface area contributed by atoms with Gasteiger partial charge in [0.15, 0.2) is 5.82 Å². The molecule has 0 fully saturated rings. The second-order valence-electron chi connectivity index (χ2n) is 13.8. The van der Waals surface area contributed by atoms with Crippen LogP contribution in [0.4, 0.5) is 0 Å². The molecule has 9 rings (SSSR count). The van der Waals surface area contributed by atoms with Crippen molar-refractivity contribution >= 4 is 0 Å². The van der Waals surface area contributed by atoms with Crippen LogP contribution in [0.25, 0.3) is 78.4 Å². The number of rotatable bonds is 6. The predicted molar refractivity (Wildman–Crippen MR) is 212 cm³/mol. The van der Waals surface area contributed by atoms with Crippen LogP contribution < -0.4 is 0 Å². The van der Waals surface area contributed by atoms with Gasteiger partial charge in [-0.15, -0.1) is 0 Å². The van der Waals surface area contributed by atoms with E-state index in [1.54, 1.807) is 0 Å². The zero-order chi connectivity index (χ0) is 34.4. The van der Waals surface area contributed by atoms with Crippen LogP contribution in [0.3, 0.4) is 0 Å². The first-order valence-corrected chi connectivity index (χ1v) is 17.6. The third-order valence-electron chi connectivity index (χ3n) is 10.3. The zero-order valence-electron chi connectivity index (χ0n) is 28.7. The monoisotopic (exact) mass is 652 g/mol. The molecule has 2 heteroatoms. The first-order valence-electron chi connectivity index (χ1n) is 17.6. The Kier molecular flexibility index (Phi) is 7.51. The summed E-state index contributed by atoms with van der Waals surface area (Å²) in [6.07, 6.45) is 0. The summed E-state index contributed by atoms with van der Waals surface area (Å²) < 4.78 is 0. The smallest absolute Gasteiger partial charge is 0.160 e. The molecule has 0 atom stereocenters. The van der Waals surface area contributed by atoms with Crippen molar-refractivity contribution in [2.24, 2.45) is 0 Å². The molecule has 1 aliphatic carbocycles. The van der Waals surface area contributed by atoms with Crippen LogP contribution in [-0.2, 0) is 5.41 Å². The molecular formula is C49H36N2. The largest absolute Gasteiger partial charge is 0.228 e. The summed E-state index contributed by atoms with van der Waals surface area (Å²) in [6.45, 7) is 4.70. The van der Waals surface area contributed by atoms with Crippen LogP contribution in [0.1, 0.15) is 25.0 Å². The number of nitrogens with zero attached hydrogens (tertiary/aromatic N) is 2. The van der Waals surface area contributed by atoms with Crippen molar-refractivity contribution in [3.63, 3.8) is 0 Å². The molecule has 0 saturated carbocycles. The van der Waals surface area contributed by atoms with Crippen molar-refractivity contribution in [2.75, 3.05) is 0 Å². The van der Waals surface area contributed by atoms with E-state index in [0.29, 0.717) is 0 Å². The van der Waals surface area contributed by atoms with Crippen LogP contribution in [-0.4, -0.2) is 9.97 Å². The molecule has 0 N–H and O–H groups in total. The molecule has 51 heavy (non-hydrogen) atoms. The van der Waals surface area contributed by atoms with E-state index in [4.69, 9.17) is 9.97 Å². The molecule has 0 unspecified atom stereocenters. The fourth-order valence-corrected chi connectivity index (χ4v) is 7.59. The summed E-state index contributed by atoms with van der Waals surface area (Å²) >= 11 is 0. The first kappa shape index (κ1) is 30.7. The van der Waals surface area contributed by atoms with E-state index in [1.165, 1.54) is 55.6 Å². The third-order valence-corrected chi connectivity index (χ3v) is 10.3. The Bertz CT molecular complexity index is 2440. The minimum atomic E-state index is -0.0983. The molecule has 2 nitrogen and oxygen atoms in total. The van der Waals surface area contributed by atoms with Crippen LogP contribution in [0, 0.1) is 0 Å². The van der Waals surface area contributed by atoms with E-state index in [0.717, 1.165) is 33.9 Å². The number of aromatic nitrogens is 2. The maximum atomic E-state index is 5.08. The SMILES string of the molecule is CC1(C)c2ccccc2-c2cc(-c3ccc(-c4ccccc4)cc3)c(-c3ccc(-c4cc(-c5ccccc5)nc(-c5ccccc5)n4)cc3)cc21. The minimum absolute atomic E-state index is 0.0983. The molecule has 0 saturated heterocycles. The molecule has 7 aromatic carbocycles. The summed E-state index contributed by atoms with van der Waals surface area (Å²) in [6, 6.07) is 64.9. The van der Waals surface area contributed by atoms with Crippen LogP contribution in [0.5, 0.6) is 0 Å². The van der Waals surface area contributed by atoms with Gasteiger partial charge in [0.1, 0.15) is 0 Å². The van der Waals surface area contributed by atoms with Crippen molar-refractivity contribution in [3.05, 3.63) is 193 Å². The van der Waals surface area contributed by atoms with E-state index < -0.39 is 0 Å². The number of fused-ring (bicyclic) bond motifs is 3. The lowest BCUT2D eigenvalue weighted by atomic mass is 9.80. The lowest BCUT2D eigenvalue weighted by Crippen LogP contribution is -2.15. The standard InChI is InChI=1S/C49H36N2/c1-49(2)44-21-13-12-20-40(44)43-30-41(35-24-22-34(23-25-35)33-14-6-3-7-15-33)42(31-45(43)49)36-26-28-38(29-27-36)47-32-46(37-16-8-4-9-17-37)50-48(51-47)39-18-10-5-11-19-39/h3-32H,1-2H3. The predicted octanol–water partition coefficient (Wildman–Crippen LogP) is 12.8. The summed E-state index contributed by atoms with van der Waals surface area (Å²) in [5.41, 5.74) is 17.5. The first-order chi connectivity index (χ1) is 25.0. The van der Waals surface area contributed by atoms with Gasteiger partial charge in [-0.05, 0) is 73.8 Å². The lowest BCUT2D eigenvalue weighted by molar-refractivity contribution is 0.660. The molecule has 0 spiro atoms. The lowest BCUT2D eigenvalue weighted by Gasteiger charge is -2.23. The number of benzene rings is 7. The molecule has 0 aliphatic heterocycles. The van der Waals surface area contributed by atoms with Gasteiger partial charge in [-0.3, -0.25) is 0 Å². The van der Waals surface area contributed by atoms with Gasteiger partial charge in [-0.2, -0.15) is 0 Å². The van der Waals surface area contributed by atoms with E-state index in [9.17, 15) is 0 Å². The Morgan fingerprint density at radius 1 is 0.314 bits per heavy atom. The van der Waals surface area contributed by atoms with Crippen LogP contribution in [0.2, 0.25) is 0 Å². The molecule has 1 heterocycles. The van der Waals surface area contributed by atoms with Crippen molar-refractivity contribution in [2.45, 2.75) is 19.3 Å². The molecule has 0 bridgehead atoms. The van der Waals surface area contributed by atoms with Crippen LogP contribution >= 0.6 is 0 Å². The Hall–Kier alpha value is -6.38. The van der Waals surface area contributed by atoms with E-state index >= 15 is 0 Å². The maximum Gasteiger partial charge on any atom is 0.160 e. The topological polar surface area (TPSA) is 25.8 Å². The normalized spacial score (nSPS) is 12.7. The fourth-order valence-electron chi connectivity index (χ4n) is 7.59. The van der Waals surface area contributed by atoms with Gasteiger partial charge in [0, 0.05) is 22.1 Å². The number of hydrogen-bond acceptors (Lipinski definition) is 2. The van der Waals surface area contributed by atoms with E-state index in [2.05, 4.69) is 172 Å². The van der Waals surface area contributed by atoms with Gasteiger partial charge in [-0.1, -0.05) is 178 Å². The summed E-state index contributed by atoms with van der Waals surface area (Å²) in [5, 5.41) is 0. The second-order valence-corrected chi connectivity index (χ2v) is 13.8. The van der Waals surface area contributed by atoms with E-state index in [-0.39, 0.29) is 5.41 Å². The Balaban J connectivity index is 1.17. The van der Waals surface area contributed by atoms with Crippen molar-refractivity contribution in [3.8, 4) is 78.4 Å². The van der Waals surface area contributed by atoms with Crippen LogP contribution in [0.15, 0.2) is 182 Å². The molecule has 8 aromatic rings. The van der Waals surface area contributed by atoms with Gasteiger partial charge in [-0.25, -0.2) is 9.97 Å². The molecule has 1 aliphatic rings. The van der Waals surface area contributed by atoms with Crippen molar-refractivity contribution in [1.29, 1.82) is 0 Å². The Labute approximate surface area is 299 Å². The summed E-state index contributed by atoms with van der Waals surface area (Å²) in [5.74, 6) is 0.720. The molecular weight excluding hydrogens is 617 g/mol. The second kappa shape index (κ2) is 12.5. The van der Waals surface area contributed by atoms with Gasteiger partial charge < -0.3 is 0 Å². The highest BCUT2D eigenvalue weighted by Crippen LogP contribution is 2.52. The Morgan fingerprint density at radius 2 is 0.745 bits per heavy atom.